The Labute approximate surface area is 192 Å². The quantitative estimate of drug-likeness (QED) is 0.525. The zero-order valence-corrected chi connectivity index (χ0v) is 19.0. The molecular weight excluding hydrogens is 440 g/mol. The van der Waals surface area contributed by atoms with Crippen LogP contribution in [0.4, 0.5) is 5.69 Å². The Bertz CT molecular complexity index is 1360. The predicted octanol–water partition coefficient (Wildman–Crippen LogP) is 4.19. The highest BCUT2D eigenvalue weighted by atomic mass is 32.2. The second-order valence-electron chi connectivity index (χ2n) is 7.99. The summed E-state index contributed by atoms with van der Waals surface area (Å²) >= 11 is 0. The van der Waals surface area contributed by atoms with Crippen molar-refractivity contribution < 1.29 is 23.1 Å². The van der Waals surface area contributed by atoms with Gasteiger partial charge in [0, 0.05) is 12.8 Å². The van der Waals surface area contributed by atoms with Crippen LogP contribution in [0.15, 0.2) is 54.6 Å². The molecule has 8 heteroatoms. The van der Waals surface area contributed by atoms with Gasteiger partial charge >= 0.3 is 5.97 Å². The number of anilines is 1. The van der Waals surface area contributed by atoms with Crippen molar-refractivity contribution in [2.75, 3.05) is 16.7 Å². The van der Waals surface area contributed by atoms with E-state index in [2.05, 4.69) is 6.07 Å². The molecule has 1 aliphatic rings. The lowest BCUT2D eigenvalue weighted by Gasteiger charge is -2.27. The Hall–Kier alpha value is -3.57. The molecule has 1 atom stereocenters. The number of esters is 1. The topological polar surface area (TPSA) is 108 Å². The summed E-state index contributed by atoms with van der Waals surface area (Å²) in [6, 6.07) is 17.4. The van der Waals surface area contributed by atoms with Gasteiger partial charge in [0.05, 0.1) is 35.7 Å². The number of phenolic OH excluding ortho intramolecular Hbond substituents is 1. The molecule has 7 nitrogen and oxygen atoms in total. The van der Waals surface area contributed by atoms with Crippen molar-refractivity contribution in [2.24, 2.45) is 0 Å². The third-order valence-electron chi connectivity index (χ3n) is 5.76. The first-order valence-corrected chi connectivity index (χ1v) is 12.4. The summed E-state index contributed by atoms with van der Waals surface area (Å²) in [4.78, 5) is 11.7. The van der Waals surface area contributed by atoms with Crippen molar-refractivity contribution in [2.45, 2.75) is 32.2 Å². The van der Waals surface area contributed by atoms with Crippen LogP contribution < -0.4 is 4.31 Å². The summed E-state index contributed by atoms with van der Waals surface area (Å²) in [5.74, 6) is -0.542. The van der Waals surface area contributed by atoms with E-state index in [4.69, 9.17) is 4.74 Å². The van der Waals surface area contributed by atoms with Crippen molar-refractivity contribution >= 4 is 32.5 Å². The van der Waals surface area contributed by atoms with Gasteiger partial charge in [-0.3, -0.25) is 9.10 Å². The number of sulfonamides is 1. The number of fused-ring (bicyclic) bond motifs is 2. The Kier molecular flexibility index (Phi) is 6.25. The lowest BCUT2D eigenvalue weighted by atomic mass is 9.98. The van der Waals surface area contributed by atoms with Gasteiger partial charge in [0.25, 0.3) is 0 Å². The second-order valence-corrected chi connectivity index (χ2v) is 9.95. The Morgan fingerprint density at radius 3 is 2.70 bits per heavy atom. The van der Waals surface area contributed by atoms with E-state index in [9.17, 15) is 23.6 Å². The average Bonchev–Trinajstić information content (AvgIpc) is 3.18. The Morgan fingerprint density at radius 2 is 1.94 bits per heavy atom. The van der Waals surface area contributed by atoms with Gasteiger partial charge in [0.15, 0.2) is 0 Å². The van der Waals surface area contributed by atoms with Crippen LogP contribution in [0.25, 0.3) is 10.8 Å². The third kappa shape index (κ3) is 4.64. The summed E-state index contributed by atoms with van der Waals surface area (Å²) < 4.78 is 33.2. The van der Waals surface area contributed by atoms with Crippen LogP contribution in [0.5, 0.6) is 5.75 Å². The number of aromatic hydroxyl groups is 1. The maximum Gasteiger partial charge on any atom is 0.305 e. The zero-order valence-electron chi connectivity index (χ0n) is 18.2. The molecule has 0 saturated carbocycles. The first-order valence-electron chi connectivity index (χ1n) is 10.8. The van der Waals surface area contributed by atoms with E-state index < -0.39 is 22.0 Å². The number of ether oxygens (including phenoxy) is 1. The molecule has 1 unspecified atom stereocenters. The molecular formula is C25H24N2O5S. The lowest BCUT2D eigenvalue weighted by Crippen LogP contribution is -2.34. The fourth-order valence-electron chi connectivity index (χ4n) is 4.28. The minimum Gasteiger partial charge on any atom is -0.508 e. The SMILES string of the molecule is CCOC(=O)CCCS(=O)(=O)N1c2ccc(O)cc2CC1c1ccc2ccc(C#N)cc2c1. The molecule has 1 N–H and O–H groups in total. The molecule has 0 fully saturated rings. The van der Waals surface area contributed by atoms with Gasteiger partial charge in [-0.2, -0.15) is 5.26 Å². The van der Waals surface area contributed by atoms with Crippen molar-refractivity contribution in [3.8, 4) is 11.8 Å². The van der Waals surface area contributed by atoms with E-state index in [1.54, 1.807) is 31.2 Å². The molecule has 0 amide bonds. The van der Waals surface area contributed by atoms with E-state index in [-0.39, 0.29) is 31.0 Å². The molecule has 0 spiro atoms. The first-order chi connectivity index (χ1) is 15.8. The number of nitriles is 1. The fraction of sp³-hybridized carbons (Fsp3) is 0.280. The van der Waals surface area contributed by atoms with Gasteiger partial charge in [-0.25, -0.2) is 8.42 Å². The molecule has 4 rings (SSSR count). The molecule has 3 aromatic carbocycles. The normalized spacial score (nSPS) is 15.3. The number of hydrogen-bond donors (Lipinski definition) is 1. The molecule has 0 aliphatic carbocycles. The molecule has 3 aromatic rings. The minimum atomic E-state index is -3.77. The number of benzene rings is 3. The van der Waals surface area contributed by atoms with Gasteiger partial charge in [-0.15, -0.1) is 0 Å². The maximum absolute atomic E-state index is 13.4. The van der Waals surface area contributed by atoms with E-state index in [0.29, 0.717) is 17.7 Å². The number of carbonyl (C=O) groups is 1. The first kappa shape index (κ1) is 22.6. The largest absolute Gasteiger partial charge is 0.508 e. The number of phenols is 1. The number of carbonyl (C=O) groups excluding carboxylic acids is 1. The Balaban J connectivity index is 1.70. The second kappa shape index (κ2) is 9.12. The molecule has 0 aromatic heterocycles. The van der Waals surface area contributed by atoms with Gasteiger partial charge in [0.1, 0.15) is 5.75 Å². The molecule has 33 heavy (non-hydrogen) atoms. The van der Waals surface area contributed by atoms with Crippen LogP contribution in [0, 0.1) is 11.3 Å². The lowest BCUT2D eigenvalue weighted by molar-refractivity contribution is -0.143. The molecule has 0 saturated heterocycles. The minimum absolute atomic E-state index is 0.0287. The number of nitrogens with zero attached hydrogens (tertiary/aromatic N) is 2. The summed E-state index contributed by atoms with van der Waals surface area (Å²) in [7, 11) is -3.77. The molecule has 1 heterocycles. The molecule has 0 radical (unpaired) electrons. The molecule has 170 valence electrons. The molecule has 0 bridgehead atoms. The average molecular weight is 465 g/mol. The van der Waals surface area contributed by atoms with Crippen molar-refractivity contribution in [3.63, 3.8) is 0 Å². The van der Waals surface area contributed by atoms with Crippen molar-refractivity contribution in [3.05, 3.63) is 71.3 Å². The summed E-state index contributed by atoms with van der Waals surface area (Å²) in [6.07, 6.45) is 0.590. The summed E-state index contributed by atoms with van der Waals surface area (Å²) in [5, 5.41) is 21.0. The van der Waals surface area contributed by atoms with Crippen LogP contribution in [0.3, 0.4) is 0 Å². The van der Waals surface area contributed by atoms with E-state index >= 15 is 0 Å². The highest BCUT2D eigenvalue weighted by Gasteiger charge is 2.38. The van der Waals surface area contributed by atoms with E-state index in [1.807, 2.05) is 24.3 Å². The molecule has 1 aliphatic heterocycles. The number of rotatable bonds is 7. The maximum atomic E-state index is 13.4. The highest BCUT2D eigenvalue weighted by molar-refractivity contribution is 7.92. The standard InChI is InChI=1S/C25H24N2O5S/c1-2-32-25(29)4-3-11-33(30,31)27-23-10-9-22(28)14-21(23)15-24(27)19-8-7-18-6-5-17(16-26)12-20(18)13-19/h5-10,12-14,24,28H,2-4,11,15H2,1H3. The number of hydrogen-bond acceptors (Lipinski definition) is 6. The van der Waals surface area contributed by atoms with Crippen molar-refractivity contribution in [1.29, 1.82) is 5.26 Å². The van der Waals surface area contributed by atoms with Crippen LogP contribution in [-0.2, 0) is 26.0 Å². The van der Waals surface area contributed by atoms with Crippen molar-refractivity contribution in [1.82, 2.24) is 0 Å². The summed E-state index contributed by atoms with van der Waals surface area (Å²) in [5.41, 5.74) is 2.59. The van der Waals surface area contributed by atoms with E-state index in [0.717, 1.165) is 21.9 Å². The van der Waals surface area contributed by atoms with Crippen LogP contribution in [0.1, 0.15) is 42.5 Å². The van der Waals surface area contributed by atoms with Crippen LogP contribution in [0.2, 0.25) is 0 Å². The van der Waals surface area contributed by atoms with Gasteiger partial charge < -0.3 is 9.84 Å². The predicted molar refractivity (Wildman–Crippen MR) is 125 cm³/mol. The summed E-state index contributed by atoms with van der Waals surface area (Å²) in [6.45, 7) is 1.96. The fourth-order valence-corrected chi connectivity index (χ4v) is 6.05. The monoisotopic (exact) mass is 464 g/mol. The van der Waals surface area contributed by atoms with Gasteiger partial charge in [-0.05, 0) is 71.6 Å². The zero-order chi connectivity index (χ0) is 23.6. The van der Waals surface area contributed by atoms with Gasteiger partial charge in [-0.1, -0.05) is 18.2 Å². The van der Waals surface area contributed by atoms with Crippen LogP contribution >= 0.6 is 0 Å². The van der Waals surface area contributed by atoms with E-state index in [1.165, 1.54) is 10.4 Å². The van der Waals surface area contributed by atoms with Crippen LogP contribution in [-0.4, -0.2) is 31.9 Å². The third-order valence-corrected chi connectivity index (χ3v) is 7.62. The highest BCUT2D eigenvalue weighted by Crippen LogP contribution is 2.44. The smallest absolute Gasteiger partial charge is 0.305 e. The Morgan fingerprint density at radius 1 is 1.15 bits per heavy atom. The van der Waals surface area contributed by atoms with Gasteiger partial charge in [0.2, 0.25) is 10.0 Å².